The first-order valence-electron chi connectivity index (χ1n) is 7.32. The fourth-order valence-corrected chi connectivity index (χ4v) is 1.96. The molecule has 1 heterocycles. The van der Waals surface area contributed by atoms with Gasteiger partial charge < -0.3 is 15.5 Å². The summed E-state index contributed by atoms with van der Waals surface area (Å²) in [6.07, 6.45) is 2.08. The van der Waals surface area contributed by atoms with Crippen LogP contribution in [0.4, 0.5) is 11.5 Å². The van der Waals surface area contributed by atoms with Gasteiger partial charge in [0.1, 0.15) is 5.82 Å². The van der Waals surface area contributed by atoms with Gasteiger partial charge in [0.15, 0.2) is 0 Å². The Hall–Kier alpha value is -2.40. The number of amides is 1. The van der Waals surface area contributed by atoms with E-state index in [0.717, 1.165) is 24.3 Å². The summed E-state index contributed by atoms with van der Waals surface area (Å²) >= 11 is 0. The van der Waals surface area contributed by atoms with Gasteiger partial charge in [-0.05, 0) is 31.8 Å². The van der Waals surface area contributed by atoms with Gasteiger partial charge in [-0.15, -0.1) is 0 Å². The van der Waals surface area contributed by atoms with Crippen molar-refractivity contribution in [1.29, 1.82) is 0 Å². The first-order valence-corrected chi connectivity index (χ1v) is 7.32. The van der Waals surface area contributed by atoms with Gasteiger partial charge in [-0.2, -0.15) is 0 Å². The molecule has 2 aromatic rings. The van der Waals surface area contributed by atoms with E-state index in [4.69, 9.17) is 0 Å². The Kier molecular flexibility index (Phi) is 5.91. The maximum atomic E-state index is 11.9. The molecule has 0 aliphatic heterocycles. The van der Waals surface area contributed by atoms with Gasteiger partial charge in [-0.25, -0.2) is 4.98 Å². The highest BCUT2D eigenvalue weighted by atomic mass is 16.1. The van der Waals surface area contributed by atoms with Crippen LogP contribution in [0.5, 0.6) is 0 Å². The van der Waals surface area contributed by atoms with Crippen molar-refractivity contribution in [3.63, 3.8) is 0 Å². The normalized spacial score (nSPS) is 10.5. The number of pyridine rings is 1. The van der Waals surface area contributed by atoms with E-state index < -0.39 is 0 Å². The molecule has 5 nitrogen and oxygen atoms in total. The number of aromatic nitrogens is 1. The summed E-state index contributed by atoms with van der Waals surface area (Å²) < 4.78 is 0. The second-order valence-corrected chi connectivity index (χ2v) is 5.37. The highest BCUT2D eigenvalue weighted by Crippen LogP contribution is 2.10. The molecular weight excluding hydrogens is 276 g/mol. The number of carbonyl (C=O) groups excluding carboxylic acids is 1. The van der Waals surface area contributed by atoms with E-state index >= 15 is 0 Å². The number of nitrogens with one attached hydrogen (secondary N) is 2. The molecule has 0 unspecified atom stereocenters. The molecule has 2 N–H and O–H groups in total. The molecule has 5 heteroatoms. The fourth-order valence-electron chi connectivity index (χ4n) is 1.96. The average Bonchev–Trinajstić information content (AvgIpc) is 2.49. The Labute approximate surface area is 131 Å². The number of hydrogen-bond donors (Lipinski definition) is 2. The van der Waals surface area contributed by atoms with Crippen molar-refractivity contribution < 1.29 is 4.79 Å². The molecule has 0 radical (unpaired) electrons. The highest BCUT2D eigenvalue weighted by molar-refractivity contribution is 5.91. The molecule has 0 saturated carbocycles. The van der Waals surface area contributed by atoms with Crippen LogP contribution in [0.3, 0.4) is 0 Å². The molecule has 22 heavy (non-hydrogen) atoms. The van der Waals surface area contributed by atoms with Gasteiger partial charge in [0.2, 0.25) is 5.91 Å². The van der Waals surface area contributed by atoms with Crippen molar-refractivity contribution in [2.45, 2.75) is 6.42 Å². The Balaban J connectivity index is 1.82. The third kappa shape index (κ3) is 5.54. The summed E-state index contributed by atoms with van der Waals surface area (Å²) in [5.74, 6) is 0.506. The topological polar surface area (TPSA) is 57.3 Å². The Morgan fingerprint density at radius 2 is 1.91 bits per heavy atom. The maximum absolute atomic E-state index is 11.9. The standard InChI is InChI=1S/C17H22N4O/c1-21(2)11-10-18-15-8-9-16(19-13-15)20-17(22)12-14-6-4-3-5-7-14/h3-9,13,18H,10-12H2,1-2H3,(H,19,20,22). The minimum atomic E-state index is -0.0629. The first kappa shape index (κ1) is 16.0. The maximum Gasteiger partial charge on any atom is 0.229 e. The SMILES string of the molecule is CN(C)CCNc1ccc(NC(=O)Cc2ccccc2)nc1. The van der Waals surface area contributed by atoms with Gasteiger partial charge >= 0.3 is 0 Å². The van der Waals surface area contributed by atoms with Crippen LogP contribution in [0.1, 0.15) is 5.56 Å². The molecule has 116 valence electrons. The number of carbonyl (C=O) groups is 1. The average molecular weight is 298 g/mol. The monoisotopic (exact) mass is 298 g/mol. The quantitative estimate of drug-likeness (QED) is 0.823. The number of benzene rings is 1. The van der Waals surface area contributed by atoms with E-state index in [1.54, 1.807) is 12.3 Å². The van der Waals surface area contributed by atoms with E-state index in [-0.39, 0.29) is 5.91 Å². The van der Waals surface area contributed by atoms with Crippen molar-refractivity contribution >= 4 is 17.4 Å². The van der Waals surface area contributed by atoms with Gasteiger partial charge in [-0.3, -0.25) is 4.79 Å². The smallest absolute Gasteiger partial charge is 0.229 e. The fraction of sp³-hybridized carbons (Fsp3) is 0.294. The van der Waals surface area contributed by atoms with Gasteiger partial charge in [0.05, 0.1) is 18.3 Å². The van der Waals surface area contributed by atoms with Crippen molar-refractivity contribution in [2.75, 3.05) is 37.8 Å². The molecule has 2 rings (SSSR count). The van der Waals surface area contributed by atoms with Crippen LogP contribution in [0.15, 0.2) is 48.7 Å². The van der Waals surface area contributed by atoms with Crippen molar-refractivity contribution in [3.8, 4) is 0 Å². The molecule has 0 bridgehead atoms. The molecule has 0 spiro atoms. The molecule has 1 aromatic carbocycles. The second-order valence-electron chi connectivity index (χ2n) is 5.37. The summed E-state index contributed by atoms with van der Waals surface area (Å²) in [6.45, 7) is 1.81. The minimum absolute atomic E-state index is 0.0629. The first-order chi connectivity index (χ1) is 10.6. The number of nitrogens with zero attached hydrogens (tertiary/aromatic N) is 2. The predicted molar refractivity (Wildman–Crippen MR) is 90.1 cm³/mol. The third-order valence-electron chi connectivity index (χ3n) is 3.13. The molecular formula is C17H22N4O. The van der Waals surface area contributed by atoms with Crippen molar-refractivity contribution in [3.05, 3.63) is 54.2 Å². The van der Waals surface area contributed by atoms with Crippen LogP contribution in [0.25, 0.3) is 0 Å². The largest absolute Gasteiger partial charge is 0.383 e. The molecule has 0 fully saturated rings. The summed E-state index contributed by atoms with van der Waals surface area (Å²) in [7, 11) is 4.07. The van der Waals surface area contributed by atoms with Crippen LogP contribution in [0, 0.1) is 0 Å². The molecule has 0 aliphatic carbocycles. The van der Waals surface area contributed by atoms with Gasteiger partial charge in [0, 0.05) is 13.1 Å². The lowest BCUT2D eigenvalue weighted by Crippen LogP contribution is -2.20. The number of hydrogen-bond acceptors (Lipinski definition) is 4. The summed E-state index contributed by atoms with van der Waals surface area (Å²) in [5, 5.41) is 6.09. The van der Waals surface area contributed by atoms with Crippen LogP contribution in [0.2, 0.25) is 0 Å². The summed E-state index contributed by atoms with van der Waals surface area (Å²) in [4.78, 5) is 18.3. The summed E-state index contributed by atoms with van der Waals surface area (Å²) in [5.41, 5.74) is 1.94. The lowest BCUT2D eigenvalue weighted by molar-refractivity contribution is -0.115. The molecule has 0 atom stereocenters. The number of rotatable bonds is 7. The number of anilines is 2. The Morgan fingerprint density at radius 3 is 2.55 bits per heavy atom. The van der Waals surface area contributed by atoms with Crippen LogP contribution < -0.4 is 10.6 Å². The molecule has 0 aliphatic rings. The molecule has 0 saturated heterocycles. The molecule has 1 aromatic heterocycles. The van der Waals surface area contributed by atoms with E-state index in [1.807, 2.05) is 50.5 Å². The van der Waals surface area contributed by atoms with E-state index in [0.29, 0.717) is 12.2 Å². The number of likely N-dealkylation sites (N-methyl/N-ethyl adjacent to an activating group) is 1. The van der Waals surface area contributed by atoms with Crippen molar-refractivity contribution in [1.82, 2.24) is 9.88 Å². The zero-order chi connectivity index (χ0) is 15.8. The zero-order valence-corrected chi connectivity index (χ0v) is 13.0. The van der Waals surface area contributed by atoms with Gasteiger partial charge in [0.25, 0.3) is 0 Å². The van der Waals surface area contributed by atoms with Gasteiger partial charge in [-0.1, -0.05) is 30.3 Å². The lowest BCUT2D eigenvalue weighted by atomic mass is 10.1. The third-order valence-corrected chi connectivity index (χ3v) is 3.13. The summed E-state index contributed by atoms with van der Waals surface area (Å²) in [6, 6.07) is 13.4. The minimum Gasteiger partial charge on any atom is -0.383 e. The van der Waals surface area contributed by atoms with Crippen molar-refractivity contribution in [2.24, 2.45) is 0 Å². The Morgan fingerprint density at radius 1 is 1.14 bits per heavy atom. The highest BCUT2D eigenvalue weighted by Gasteiger charge is 2.04. The van der Waals surface area contributed by atoms with Crippen LogP contribution >= 0.6 is 0 Å². The zero-order valence-electron chi connectivity index (χ0n) is 13.0. The van der Waals surface area contributed by atoms with E-state index in [1.165, 1.54) is 0 Å². The van der Waals surface area contributed by atoms with Crippen LogP contribution in [-0.2, 0) is 11.2 Å². The van der Waals surface area contributed by atoms with E-state index in [2.05, 4.69) is 20.5 Å². The van der Waals surface area contributed by atoms with Crippen LogP contribution in [-0.4, -0.2) is 43.0 Å². The molecule has 1 amide bonds. The van der Waals surface area contributed by atoms with E-state index in [9.17, 15) is 4.79 Å². The second kappa shape index (κ2) is 8.14. The lowest BCUT2D eigenvalue weighted by Gasteiger charge is -2.11. The predicted octanol–water partition coefficient (Wildman–Crippen LogP) is 2.24. The Bertz CT molecular complexity index is 581.